The van der Waals surface area contributed by atoms with Gasteiger partial charge in [0.05, 0.1) is 28.7 Å². The van der Waals surface area contributed by atoms with Crippen LogP contribution in [0.2, 0.25) is 0 Å². The van der Waals surface area contributed by atoms with Gasteiger partial charge < -0.3 is 15.4 Å². The highest BCUT2D eigenvalue weighted by atomic mass is 16.6. The highest BCUT2D eigenvalue weighted by molar-refractivity contribution is 5.81. The molecule has 2 N–H and O–H groups in total. The van der Waals surface area contributed by atoms with Crippen LogP contribution in [0.15, 0.2) is 23.0 Å². The number of hydrogen-bond acceptors (Lipinski definition) is 5. The first-order chi connectivity index (χ1) is 16.8. The molecule has 6 atom stereocenters. The van der Waals surface area contributed by atoms with Gasteiger partial charge in [0.2, 0.25) is 5.91 Å². The maximum Gasteiger partial charge on any atom is 0.410 e. The molecule has 1 aromatic heterocycles. The van der Waals surface area contributed by atoms with Gasteiger partial charge in [-0.2, -0.15) is 5.26 Å². The summed E-state index contributed by atoms with van der Waals surface area (Å²) in [4.78, 5) is 40.3. The van der Waals surface area contributed by atoms with Gasteiger partial charge in [-0.05, 0) is 80.9 Å². The number of benzene rings is 1. The Hall–Kier alpha value is -3.28. The van der Waals surface area contributed by atoms with Crippen LogP contribution in [0.5, 0.6) is 0 Å². The summed E-state index contributed by atoms with van der Waals surface area (Å²) < 4.78 is 9.46. The third-order valence-corrected chi connectivity index (χ3v) is 9.29. The van der Waals surface area contributed by atoms with Gasteiger partial charge in [0.25, 0.3) is 0 Å². The topological polar surface area (TPSA) is 123 Å². The second-order valence-electron chi connectivity index (χ2n) is 11.2. The molecule has 5 fully saturated rings. The van der Waals surface area contributed by atoms with Gasteiger partial charge in [0, 0.05) is 25.6 Å². The minimum atomic E-state index is -0.427. The molecule has 4 bridgehead atoms. The number of nitrogens with two attached hydrogens (primary N) is 1. The number of carbonyl (C=O) groups excluding carboxylic acids is 2. The molecule has 2 amide bonds. The lowest BCUT2D eigenvalue weighted by Crippen LogP contribution is -2.49. The fourth-order valence-electron chi connectivity index (χ4n) is 7.67. The predicted molar refractivity (Wildman–Crippen MR) is 127 cm³/mol. The normalized spacial score (nSPS) is 33.6. The Morgan fingerprint density at radius 1 is 1.17 bits per heavy atom. The summed E-state index contributed by atoms with van der Waals surface area (Å²) in [6.45, 7) is 0.937. The molecule has 1 aromatic carbocycles. The van der Waals surface area contributed by atoms with Crippen molar-refractivity contribution < 1.29 is 14.3 Å². The molecule has 4 saturated carbocycles. The first-order valence-electron chi connectivity index (χ1n) is 12.7. The number of aryl methyl sites for hydroxylation is 1. The number of nitriles is 1. The molecule has 5 aliphatic rings. The van der Waals surface area contributed by atoms with E-state index in [1.165, 1.54) is 0 Å². The van der Waals surface area contributed by atoms with Crippen molar-refractivity contribution in [3.8, 4) is 6.07 Å². The fraction of sp³-hybridized carbons (Fsp3) is 0.615. The summed E-state index contributed by atoms with van der Waals surface area (Å²) in [6.07, 6.45) is 5.49. The van der Waals surface area contributed by atoms with Crippen molar-refractivity contribution >= 4 is 23.0 Å². The zero-order chi connectivity index (χ0) is 24.5. The Kier molecular flexibility index (Phi) is 4.99. The maximum absolute atomic E-state index is 13.3. The van der Waals surface area contributed by atoms with Crippen molar-refractivity contribution in [3.05, 3.63) is 34.2 Å². The van der Waals surface area contributed by atoms with Gasteiger partial charge in [-0.1, -0.05) is 0 Å². The Morgan fingerprint density at radius 3 is 2.74 bits per heavy atom. The van der Waals surface area contributed by atoms with E-state index in [0.29, 0.717) is 42.4 Å². The lowest BCUT2D eigenvalue weighted by molar-refractivity contribution is -0.134. The number of nitrogens with zero attached hydrogens (tertiary/aromatic N) is 4. The van der Waals surface area contributed by atoms with Crippen LogP contribution >= 0.6 is 0 Å². The number of carbonyl (C=O) groups is 2. The van der Waals surface area contributed by atoms with Crippen LogP contribution < -0.4 is 11.4 Å². The van der Waals surface area contributed by atoms with E-state index in [2.05, 4.69) is 6.07 Å². The van der Waals surface area contributed by atoms with Gasteiger partial charge in [-0.25, -0.2) is 9.59 Å². The SMILES string of the molecule is Cn1c(=O)n([C@H]2CCN(C(=O)O[C@H]3C4CC[C@@]5(C(N)=O)CC(C4)CC3C5)C2)c2ccc(C#N)cc21. The molecule has 35 heavy (non-hydrogen) atoms. The zero-order valence-corrected chi connectivity index (χ0v) is 20.0. The number of likely N-dealkylation sites (tertiary alicyclic amines) is 1. The van der Waals surface area contributed by atoms with E-state index in [0.717, 1.165) is 44.0 Å². The van der Waals surface area contributed by atoms with E-state index >= 15 is 0 Å². The van der Waals surface area contributed by atoms with Crippen molar-refractivity contribution in [1.29, 1.82) is 5.26 Å². The molecular formula is C26H31N5O4. The van der Waals surface area contributed by atoms with E-state index in [4.69, 9.17) is 10.5 Å². The lowest BCUT2D eigenvalue weighted by Gasteiger charge is -2.47. The lowest BCUT2D eigenvalue weighted by atomic mass is 9.60. The van der Waals surface area contributed by atoms with Gasteiger partial charge >= 0.3 is 11.8 Å². The largest absolute Gasteiger partial charge is 0.446 e. The van der Waals surface area contributed by atoms with Crippen molar-refractivity contribution in [2.45, 2.75) is 57.1 Å². The monoisotopic (exact) mass is 477 g/mol. The van der Waals surface area contributed by atoms with E-state index < -0.39 is 5.41 Å². The minimum Gasteiger partial charge on any atom is -0.446 e. The number of amides is 2. The molecule has 4 aliphatic carbocycles. The van der Waals surface area contributed by atoms with Crippen LogP contribution in [-0.4, -0.2) is 45.2 Å². The first-order valence-corrected chi connectivity index (χ1v) is 12.7. The van der Waals surface area contributed by atoms with Crippen LogP contribution in [0.1, 0.15) is 56.6 Å². The van der Waals surface area contributed by atoms with Gasteiger partial charge in [0.1, 0.15) is 6.10 Å². The van der Waals surface area contributed by atoms with Crippen LogP contribution in [0.4, 0.5) is 4.79 Å². The van der Waals surface area contributed by atoms with Crippen molar-refractivity contribution in [2.24, 2.45) is 36.0 Å². The molecule has 2 heterocycles. The fourth-order valence-corrected chi connectivity index (χ4v) is 7.67. The molecule has 9 nitrogen and oxygen atoms in total. The smallest absolute Gasteiger partial charge is 0.410 e. The Balaban J connectivity index is 1.19. The summed E-state index contributed by atoms with van der Waals surface area (Å²) in [6, 6.07) is 7.22. The number of fused-ring (bicyclic) bond motifs is 2. The van der Waals surface area contributed by atoms with E-state index in [9.17, 15) is 19.6 Å². The van der Waals surface area contributed by atoms with Crippen LogP contribution in [0.3, 0.4) is 0 Å². The number of primary amides is 1. The Morgan fingerprint density at radius 2 is 1.97 bits per heavy atom. The number of ether oxygens (including phenoxy) is 1. The number of hydrogen-bond donors (Lipinski definition) is 1. The highest BCUT2D eigenvalue weighted by Crippen LogP contribution is 2.57. The predicted octanol–water partition coefficient (Wildman–Crippen LogP) is 2.67. The Bertz CT molecular complexity index is 1320. The standard InChI is InChI=1S/C26H31N5O4/c1-29-21-10-15(13-27)2-3-20(21)31(24(29)33)19-5-7-30(14-19)25(34)35-22-17-4-6-26(23(28)32)11-16(8-17)9-18(22)12-26/h2-3,10,16-19,22H,4-9,11-12,14H2,1H3,(H2,28,32)/t16?,17?,18?,19-,22-,26+/m0/s1. The molecule has 1 saturated heterocycles. The van der Waals surface area contributed by atoms with E-state index in [-0.39, 0.29) is 35.8 Å². The summed E-state index contributed by atoms with van der Waals surface area (Å²) in [5.74, 6) is 0.795. The molecule has 0 spiro atoms. The molecule has 0 radical (unpaired) electrons. The van der Waals surface area contributed by atoms with Gasteiger partial charge in [0.15, 0.2) is 0 Å². The number of rotatable bonds is 3. The second kappa shape index (κ2) is 7.87. The summed E-state index contributed by atoms with van der Waals surface area (Å²) in [5, 5.41) is 9.22. The van der Waals surface area contributed by atoms with Crippen molar-refractivity contribution in [1.82, 2.24) is 14.0 Å². The zero-order valence-electron chi connectivity index (χ0n) is 20.0. The first kappa shape index (κ1) is 22.2. The van der Waals surface area contributed by atoms with E-state index in [1.807, 2.05) is 6.07 Å². The molecule has 3 unspecified atom stereocenters. The summed E-state index contributed by atoms with van der Waals surface area (Å²) in [5.41, 5.74) is 7.26. The summed E-state index contributed by atoms with van der Waals surface area (Å²) in [7, 11) is 1.71. The van der Waals surface area contributed by atoms with Gasteiger partial charge in [-0.3, -0.25) is 13.9 Å². The maximum atomic E-state index is 13.3. The minimum absolute atomic E-state index is 0.147. The average Bonchev–Trinajstić information content (AvgIpc) is 3.35. The highest BCUT2D eigenvalue weighted by Gasteiger charge is 2.55. The molecule has 9 heteroatoms. The molecule has 2 aromatic rings. The average molecular weight is 478 g/mol. The van der Waals surface area contributed by atoms with Crippen LogP contribution in [-0.2, 0) is 16.6 Å². The molecule has 184 valence electrons. The van der Waals surface area contributed by atoms with Gasteiger partial charge in [-0.15, -0.1) is 0 Å². The van der Waals surface area contributed by atoms with Crippen LogP contribution in [0.25, 0.3) is 11.0 Å². The summed E-state index contributed by atoms with van der Waals surface area (Å²) >= 11 is 0. The third kappa shape index (κ3) is 3.37. The molecule has 7 rings (SSSR count). The molecule has 1 aliphatic heterocycles. The quantitative estimate of drug-likeness (QED) is 0.728. The van der Waals surface area contributed by atoms with E-state index in [1.54, 1.807) is 33.2 Å². The molecular weight excluding hydrogens is 446 g/mol. The van der Waals surface area contributed by atoms with Crippen LogP contribution in [0, 0.1) is 34.5 Å². The third-order valence-electron chi connectivity index (χ3n) is 9.29. The second-order valence-corrected chi connectivity index (χ2v) is 11.2. The number of imidazole rings is 1. The Labute approximate surface area is 203 Å². The van der Waals surface area contributed by atoms with Crippen molar-refractivity contribution in [3.63, 3.8) is 0 Å². The number of aromatic nitrogens is 2. The van der Waals surface area contributed by atoms with Crippen molar-refractivity contribution in [2.75, 3.05) is 13.1 Å².